The predicted molar refractivity (Wildman–Crippen MR) is 116 cm³/mol. The smallest absolute Gasteiger partial charge is 0.310 e. The molecule has 0 saturated carbocycles. The summed E-state index contributed by atoms with van der Waals surface area (Å²) in [6.45, 7) is 2.83. The average molecular weight is 416 g/mol. The number of para-hydroxylation sites is 1. The Balaban J connectivity index is 1.44. The minimum atomic E-state index is -0.420. The lowest BCUT2D eigenvalue weighted by Crippen LogP contribution is -2.26. The number of rotatable bonds is 5. The summed E-state index contributed by atoms with van der Waals surface area (Å²) in [5, 5.41) is 16.5. The Morgan fingerprint density at radius 1 is 1.10 bits per heavy atom. The van der Waals surface area contributed by atoms with E-state index in [9.17, 15) is 9.90 Å². The molecule has 7 nitrogen and oxygen atoms in total. The molecule has 1 unspecified atom stereocenters. The fourth-order valence-corrected chi connectivity index (χ4v) is 4.27. The van der Waals surface area contributed by atoms with Crippen LogP contribution in [0, 0.1) is 0 Å². The van der Waals surface area contributed by atoms with Crippen molar-refractivity contribution in [2.75, 3.05) is 13.1 Å². The van der Waals surface area contributed by atoms with Crippen LogP contribution in [0.15, 0.2) is 70.4 Å². The lowest BCUT2D eigenvalue weighted by Gasteiger charge is -2.21. The molecule has 5 rings (SSSR count). The number of aromatic hydroxyl groups is 1. The molecule has 1 atom stereocenters. The third kappa shape index (κ3) is 3.96. The van der Waals surface area contributed by atoms with Crippen LogP contribution in [0.3, 0.4) is 0 Å². The van der Waals surface area contributed by atoms with Crippen molar-refractivity contribution in [2.45, 2.75) is 31.8 Å². The van der Waals surface area contributed by atoms with Crippen molar-refractivity contribution in [3.8, 4) is 5.75 Å². The molecule has 0 spiro atoms. The van der Waals surface area contributed by atoms with E-state index in [0.29, 0.717) is 18.5 Å². The van der Waals surface area contributed by atoms with Gasteiger partial charge in [-0.2, -0.15) is 5.10 Å². The van der Waals surface area contributed by atoms with Crippen LogP contribution in [0.5, 0.6) is 5.75 Å². The summed E-state index contributed by atoms with van der Waals surface area (Å²) in [4.78, 5) is 19.9. The van der Waals surface area contributed by atoms with Gasteiger partial charge in [0.2, 0.25) is 0 Å². The summed E-state index contributed by atoms with van der Waals surface area (Å²) in [5.74, 6) is 0.854. The van der Waals surface area contributed by atoms with E-state index >= 15 is 0 Å². The van der Waals surface area contributed by atoms with Gasteiger partial charge in [-0.3, -0.25) is 14.7 Å². The Bertz CT molecular complexity index is 1100. The van der Waals surface area contributed by atoms with E-state index in [4.69, 9.17) is 4.42 Å². The Morgan fingerprint density at radius 2 is 1.94 bits per heavy atom. The van der Waals surface area contributed by atoms with Crippen molar-refractivity contribution in [3.05, 3.63) is 83.6 Å². The molecule has 3 aromatic rings. The predicted octanol–water partition coefficient (Wildman–Crippen LogP) is 3.97. The summed E-state index contributed by atoms with van der Waals surface area (Å²) >= 11 is 0. The van der Waals surface area contributed by atoms with Crippen LogP contribution in [0.1, 0.15) is 52.7 Å². The van der Waals surface area contributed by atoms with Crippen LogP contribution in [0.2, 0.25) is 0 Å². The quantitative estimate of drug-likeness (QED) is 0.681. The standard InChI is InChI=1S/C24H24N4O3/c29-22-8-2-1-7-19(22)21-14-20(17-6-5-11-25-15-17)26-28(21)24(30)23-10-9-18(31-23)16-27-12-3-4-13-27/h1-2,5-11,15,21,29H,3-4,12-14,16H2. The number of likely N-dealkylation sites (tertiary alicyclic amines) is 1. The topological polar surface area (TPSA) is 82.2 Å². The van der Waals surface area contributed by atoms with Gasteiger partial charge >= 0.3 is 5.91 Å². The number of phenolic OH excluding ortho intramolecular Hbond substituents is 1. The summed E-state index contributed by atoms with van der Waals surface area (Å²) in [5.41, 5.74) is 2.26. The largest absolute Gasteiger partial charge is 0.508 e. The lowest BCUT2D eigenvalue weighted by molar-refractivity contribution is 0.0673. The van der Waals surface area contributed by atoms with Crippen molar-refractivity contribution in [1.29, 1.82) is 0 Å². The second kappa shape index (κ2) is 8.35. The molecule has 2 aliphatic rings. The zero-order valence-electron chi connectivity index (χ0n) is 17.1. The number of furan rings is 1. The van der Waals surface area contributed by atoms with Gasteiger partial charge in [0.05, 0.1) is 18.3 Å². The molecule has 4 heterocycles. The van der Waals surface area contributed by atoms with Crippen LogP contribution in [0.4, 0.5) is 0 Å². The molecule has 1 N–H and O–H groups in total. The van der Waals surface area contributed by atoms with E-state index in [1.807, 2.05) is 30.3 Å². The number of hydrogen-bond acceptors (Lipinski definition) is 6. The summed E-state index contributed by atoms with van der Waals surface area (Å²) in [6.07, 6.45) is 6.32. The van der Waals surface area contributed by atoms with Crippen molar-refractivity contribution in [2.24, 2.45) is 5.10 Å². The third-order valence-electron chi connectivity index (χ3n) is 5.86. The molecule has 1 fully saturated rings. The summed E-state index contributed by atoms with van der Waals surface area (Å²) in [7, 11) is 0. The maximum absolute atomic E-state index is 13.4. The number of nitrogens with zero attached hydrogens (tertiary/aromatic N) is 4. The maximum atomic E-state index is 13.4. The Hall–Kier alpha value is -3.45. The highest BCUT2D eigenvalue weighted by atomic mass is 16.4. The van der Waals surface area contributed by atoms with E-state index in [1.165, 1.54) is 17.9 Å². The number of carbonyl (C=O) groups is 1. The van der Waals surface area contributed by atoms with Crippen molar-refractivity contribution < 1.29 is 14.3 Å². The van der Waals surface area contributed by atoms with Gasteiger partial charge in [0.15, 0.2) is 5.76 Å². The number of carbonyl (C=O) groups excluding carboxylic acids is 1. The Kier molecular flexibility index (Phi) is 5.26. The molecule has 0 bridgehead atoms. The minimum absolute atomic E-state index is 0.141. The second-order valence-electron chi connectivity index (χ2n) is 7.97. The van der Waals surface area contributed by atoms with Gasteiger partial charge in [0, 0.05) is 29.9 Å². The van der Waals surface area contributed by atoms with Crippen LogP contribution >= 0.6 is 0 Å². The number of hydrogen-bond donors (Lipinski definition) is 1. The van der Waals surface area contributed by atoms with Crippen LogP contribution in [-0.2, 0) is 6.54 Å². The van der Waals surface area contributed by atoms with Gasteiger partial charge < -0.3 is 9.52 Å². The highest BCUT2D eigenvalue weighted by Gasteiger charge is 2.36. The zero-order valence-corrected chi connectivity index (χ0v) is 17.1. The molecule has 2 aliphatic heterocycles. The monoisotopic (exact) mass is 416 g/mol. The molecule has 0 aliphatic carbocycles. The molecule has 158 valence electrons. The van der Waals surface area contributed by atoms with Crippen molar-refractivity contribution in [3.63, 3.8) is 0 Å². The molecule has 1 amide bonds. The van der Waals surface area contributed by atoms with Crippen molar-refractivity contribution in [1.82, 2.24) is 14.9 Å². The normalized spacial score (nSPS) is 19.0. The van der Waals surface area contributed by atoms with Crippen molar-refractivity contribution >= 4 is 11.6 Å². The number of amides is 1. The number of benzene rings is 1. The van der Waals surface area contributed by atoms with E-state index in [2.05, 4.69) is 15.0 Å². The SMILES string of the molecule is O=C(c1ccc(CN2CCCC2)o1)N1N=C(c2cccnc2)CC1c1ccccc1O. The number of phenols is 1. The fraction of sp³-hybridized carbons (Fsp3) is 0.292. The summed E-state index contributed by atoms with van der Waals surface area (Å²) < 4.78 is 5.90. The van der Waals surface area contributed by atoms with E-state index in [1.54, 1.807) is 30.6 Å². The average Bonchev–Trinajstić information content (AvgIpc) is 3.56. The van der Waals surface area contributed by atoms with Crippen LogP contribution in [-0.4, -0.2) is 44.7 Å². The maximum Gasteiger partial charge on any atom is 0.310 e. The molecule has 1 aromatic carbocycles. The highest BCUT2D eigenvalue weighted by Crippen LogP contribution is 2.37. The first kappa shape index (κ1) is 19.5. The number of hydrazone groups is 1. The third-order valence-corrected chi connectivity index (χ3v) is 5.86. The van der Waals surface area contributed by atoms with Gasteiger partial charge in [-0.15, -0.1) is 0 Å². The molecule has 0 radical (unpaired) electrons. The van der Waals surface area contributed by atoms with E-state index < -0.39 is 6.04 Å². The Labute approximate surface area is 180 Å². The molecule has 1 saturated heterocycles. The first-order valence-corrected chi connectivity index (χ1v) is 10.6. The first-order valence-electron chi connectivity index (χ1n) is 10.6. The molecule has 7 heteroatoms. The van der Waals surface area contributed by atoms with Gasteiger partial charge in [-0.1, -0.05) is 24.3 Å². The lowest BCUT2D eigenvalue weighted by atomic mass is 9.98. The van der Waals surface area contributed by atoms with Gasteiger partial charge in [0.1, 0.15) is 11.5 Å². The van der Waals surface area contributed by atoms with Crippen LogP contribution in [0.25, 0.3) is 0 Å². The number of aromatic nitrogens is 1. The molecule has 2 aromatic heterocycles. The van der Waals surface area contributed by atoms with Gasteiger partial charge in [0.25, 0.3) is 0 Å². The highest BCUT2D eigenvalue weighted by molar-refractivity contribution is 6.04. The molecular formula is C24H24N4O3. The van der Waals surface area contributed by atoms with E-state index in [-0.39, 0.29) is 17.4 Å². The zero-order chi connectivity index (χ0) is 21.2. The van der Waals surface area contributed by atoms with Crippen LogP contribution < -0.4 is 0 Å². The molecular weight excluding hydrogens is 392 g/mol. The summed E-state index contributed by atoms with van der Waals surface area (Å²) in [6, 6.07) is 14.0. The first-order chi connectivity index (χ1) is 15.2. The van der Waals surface area contributed by atoms with Gasteiger partial charge in [-0.05, 0) is 50.2 Å². The fourth-order valence-electron chi connectivity index (χ4n) is 4.27. The Morgan fingerprint density at radius 3 is 2.71 bits per heavy atom. The molecule has 31 heavy (non-hydrogen) atoms. The van der Waals surface area contributed by atoms with E-state index in [0.717, 1.165) is 30.1 Å². The second-order valence-corrected chi connectivity index (χ2v) is 7.97. The van der Waals surface area contributed by atoms with Gasteiger partial charge in [-0.25, -0.2) is 5.01 Å². The minimum Gasteiger partial charge on any atom is -0.508 e. The number of pyridine rings is 1.